The fourth-order valence-electron chi connectivity index (χ4n) is 4.52. The largest absolute Gasteiger partial charge is 0.426 e. The lowest BCUT2D eigenvalue weighted by Crippen LogP contribution is -2.58. The average Bonchev–Trinajstić information content (AvgIpc) is 2.64. The third-order valence-electron chi connectivity index (χ3n) is 5.99. The van der Waals surface area contributed by atoms with Crippen LogP contribution in [0.15, 0.2) is 24.3 Å². The highest BCUT2D eigenvalue weighted by Gasteiger charge is 2.39. The van der Waals surface area contributed by atoms with E-state index in [1.54, 1.807) is 0 Å². The van der Waals surface area contributed by atoms with Crippen molar-refractivity contribution in [1.29, 1.82) is 0 Å². The van der Waals surface area contributed by atoms with Crippen molar-refractivity contribution in [3.8, 4) is 5.75 Å². The maximum atomic E-state index is 12.9. The minimum absolute atomic E-state index is 0. The molecule has 1 aromatic rings. The van der Waals surface area contributed by atoms with Crippen LogP contribution >= 0.6 is 24.8 Å². The number of piperidine rings is 4. The van der Waals surface area contributed by atoms with E-state index in [1.165, 1.54) is 56.7 Å². The molecule has 4 nitrogen and oxygen atoms in total. The van der Waals surface area contributed by atoms with Crippen LogP contribution in [0.3, 0.4) is 0 Å². The second-order valence-electron chi connectivity index (χ2n) is 7.39. The zero-order chi connectivity index (χ0) is 16.5. The predicted octanol–water partition coefficient (Wildman–Crippen LogP) is 3.38. The third kappa shape index (κ3) is 4.69. The molecule has 5 rings (SSSR count). The summed E-state index contributed by atoms with van der Waals surface area (Å²) >= 11 is 0. The van der Waals surface area contributed by atoms with Crippen molar-refractivity contribution >= 4 is 30.8 Å². The highest BCUT2D eigenvalue weighted by molar-refractivity contribution is 5.85. The Balaban J connectivity index is 0.00000121. The molecule has 7 heteroatoms. The first-order chi connectivity index (χ1) is 11.7. The molecule has 1 atom stereocenters. The zero-order valence-corrected chi connectivity index (χ0v) is 16.4. The standard InChI is InChI=1S/C19H25FN2O2.2ClH/c20-16-1-3-17(4-2-16)24-19(23)15-7-11-22(12-8-15)18-13-21-9-5-14(18)6-10-21;;/h1-4,14-15,18H,5-13H2;2*1H/t18-;;/m0../s1. The SMILES string of the molecule is Cl.Cl.O=C(Oc1ccc(F)cc1)C1CCN([C@H]2CN3CCC2CC3)CC1. The van der Waals surface area contributed by atoms with Gasteiger partial charge in [-0.2, -0.15) is 0 Å². The van der Waals surface area contributed by atoms with Gasteiger partial charge in [-0.3, -0.25) is 9.69 Å². The van der Waals surface area contributed by atoms with E-state index < -0.39 is 0 Å². The Morgan fingerprint density at radius 3 is 2.12 bits per heavy atom. The van der Waals surface area contributed by atoms with Crippen molar-refractivity contribution < 1.29 is 13.9 Å². The van der Waals surface area contributed by atoms with Crippen LogP contribution in [0.25, 0.3) is 0 Å². The number of hydrogen-bond acceptors (Lipinski definition) is 4. The van der Waals surface area contributed by atoms with E-state index >= 15 is 0 Å². The third-order valence-corrected chi connectivity index (χ3v) is 5.99. The Morgan fingerprint density at radius 1 is 0.962 bits per heavy atom. The molecule has 146 valence electrons. The molecule has 0 aromatic heterocycles. The number of rotatable bonds is 3. The molecule has 26 heavy (non-hydrogen) atoms. The lowest BCUT2D eigenvalue weighted by molar-refractivity contribution is -0.141. The number of benzene rings is 1. The Hall–Kier alpha value is -0.880. The van der Waals surface area contributed by atoms with Gasteiger partial charge in [0.15, 0.2) is 0 Å². The van der Waals surface area contributed by atoms with Gasteiger partial charge in [0.1, 0.15) is 11.6 Å². The number of esters is 1. The minimum Gasteiger partial charge on any atom is -0.426 e. The number of halogens is 3. The van der Waals surface area contributed by atoms with Crippen LogP contribution in [0, 0.1) is 17.7 Å². The topological polar surface area (TPSA) is 32.8 Å². The molecule has 0 saturated carbocycles. The summed E-state index contributed by atoms with van der Waals surface area (Å²) in [7, 11) is 0. The predicted molar refractivity (Wildman–Crippen MR) is 104 cm³/mol. The van der Waals surface area contributed by atoms with E-state index in [2.05, 4.69) is 9.80 Å². The van der Waals surface area contributed by atoms with Gasteiger partial charge in [-0.15, -0.1) is 24.8 Å². The molecular weight excluding hydrogens is 378 g/mol. The number of fused-ring (bicyclic) bond motifs is 3. The number of ether oxygens (including phenoxy) is 1. The molecule has 1 aromatic carbocycles. The van der Waals surface area contributed by atoms with Crippen LogP contribution in [-0.2, 0) is 4.79 Å². The summed E-state index contributed by atoms with van der Waals surface area (Å²) in [6.07, 6.45) is 4.39. The number of carbonyl (C=O) groups is 1. The summed E-state index contributed by atoms with van der Waals surface area (Å²) in [5.74, 6) is 0.752. The van der Waals surface area contributed by atoms with Crippen LogP contribution in [-0.4, -0.2) is 54.5 Å². The summed E-state index contributed by atoms with van der Waals surface area (Å²) < 4.78 is 18.3. The number of nitrogens with zero attached hydrogens (tertiary/aromatic N) is 2. The highest BCUT2D eigenvalue weighted by Crippen LogP contribution is 2.33. The maximum Gasteiger partial charge on any atom is 0.314 e. The van der Waals surface area contributed by atoms with Gasteiger partial charge in [0.2, 0.25) is 0 Å². The van der Waals surface area contributed by atoms with Gasteiger partial charge in [0, 0.05) is 12.6 Å². The number of likely N-dealkylation sites (tertiary alicyclic amines) is 1. The average molecular weight is 405 g/mol. The first kappa shape index (κ1) is 21.4. The van der Waals surface area contributed by atoms with Crippen molar-refractivity contribution in [2.24, 2.45) is 11.8 Å². The van der Waals surface area contributed by atoms with E-state index in [0.29, 0.717) is 11.8 Å². The Morgan fingerprint density at radius 2 is 1.58 bits per heavy atom. The van der Waals surface area contributed by atoms with Gasteiger partial charge in [-0.25, -0.2) is 4.39 Å². The van der Waals surface area contributed by atoms with Gasteiger partial charge in [-0.1, -0.05) is 0 Å². The molecule has 4 fully saturated rings. The summed E-state index contributed by atoms with van der Waals surface area (Å²) in [6, 6.07) is 6.34. The van der Waals surface area contributed by atoms with Crippen molar-refractivity contribution in [2.45, 2.75) is 31.7 Å². The lowest BCUT2D eigenvalue weighted by atomic mass is 9.82. The first-order valence-corrected chi connectivity index (χ1v) is 9.13. The van der Waals surface area contributed by atoms with E-state index in [4.69, 9.17) is 4.74 Å². The van der Waals surface area contributed by atoms with Gasteiger partial charge < -0.3 is 9.64 Å². The normalized spacial score (nSPS) is 28.7. The van der Waals surface area contributed by atoms with Gasteiger partial charge in [-0.05, 0) is 82.0 Å². The summed E-state index contributed by atoms with van der Waals surface area (Å²) in [5.41, 5.74) is 0. The Bertz CT molecular complexity index is 586. The molecule has 0 unspecified atom stereocenters. The summed E-state index contributed by atoms with van der Waals surface area (Å²) in [5, 5.41) is 0. The zero-order valence-electron chi connectivity index (χ0n) is 14.8. The van der Waals surface area contributed by atoms with Crippen LogP contribution in [0.1, 0.15) is 25.7 Å². The van der Waals surface area contributed by atoms with E-state index in [9.17, 15) is 9.18 Å². The number of hydrogen-bond donors (Lipinski definition) is 0. The molecule has 4 aliphatic rings. The van der Waals surface area contributed by atoms with Crippen molar-refractivity contribution in [3.63, 3.8) is 0 Å². The van der Waals surface area contributed by atoms with Crippen LogP contribution in [0.4, 0.5) is 4.39 Å². The lowest BCUT2D eigenvalue weighted by Gasteiger charge is -2.50. The fourth-order valence-corrected chi connectivity index (χ4v) is 4.52. The van der Waals surface area contributed by atoms with Crippen LogP contribution in [0.5, 0.6) is 5.75 Å². The Kier molecular flexibility index (Phi) is 7.71. The highest BCUT2D eigenvalue weighted by atomic mass is 35.5. The quantitative estimate of drug-likeness (QED) is 0.570. The minimum atomic E-state index is -0.319. The van der Waals surface area contributed by atoms with Crippen molar-refractivity contribution in [2.75, 3.05) is 32.7 Å². The summed E-state index contributed by atoms with van der Waals surface area (Å²) in [6.45, 7) is 5.70. The first-order valence-electron chi connectivity index (χ1n) is 9.13. The van der Waals surface area contributed by atoms with Crippen LogP contribution < -0.4 is 4.74 Å². The van der Waals surface area contributed by atoms with Crippen molar-refractivity contribution in [1.82, 2.24) is 9.80 Å². The molecule has 0 aliphatic carbocycles. The van der Waals surface area contributed by atoms with Gasteiger partial charge >= 0.3 is 5.97 Å². The second-order valence-corrected chi connectivity index (χ2v) is 7.39. The van der Waals surface area contributed by atoms with Crippen molar-refractivity contribution in [3.05, 3.63) is 30.1 Å². The van der Waals surface area contributed by atoms with E-state index in [1.807, 2.05) is 0 Å². The molecule has 4 heterocycles. The molecule has 0 N–H and O–H groups in total. The molecule has 0 amide bonds. The van der Waals surface area contributed by atoms with Gasteiger partial charge in [0.05, 0.1) is 5.92 Å². The molecule has 0 spiro atoms. The van der Waals surface area contributed by atoms with Crippen LogP contribution in [0.2, 0.25) is 0 Å². The molecule has 0 radical (unpaired) electrons. The molecule has 4 aliphatic heterocycles. The maximum absolute atomic E-state index is 12.9. The van der Waals surface area contributed by atoms with E-state index in [-0.39, 0.29) is 42.5 Å². The van der Waals surface area contributed by atoms with Gasteiger partial charge in [0.25, 0.3) is 0 Å². The second kappa shape index (κ2) is 9.36. The molecule has 2 bridgehead atoms. The van der Waals surface area contributed by atoms with E-state index in [0.717, 1.165) is 31.8 Å². The Labute approximate surface area is 166 Å². The molecule has 4 saturated heterocycles. The monoisotopic (exact) mass is 404 g/mol. The number of carbonyl (C=O) groups excluding carboxylic acids is 1. The summed E-state index contributed by atoms with van der Waals surface area (Å²) in [4.78, 5) is 17.5. The molecular formula is C19H27Cl2FN2O2. The fraction of sp³-hybridized carbons (Fsp3) is 0.632. The smallest absolute Gasteiger partial charge is 0.314 e.